The number of rotatable bonds is 4. The highest BCUT2D eigenvalue weighted by Gasteiger charge is 2.31. The summed E-state index contributed by atoms with van der Waals surface area (Å²) >= 11 is 1.56. The molecule has 116 valence electrons. The van der Waals surface area contributed by atoms with Crippen molar-refractivity contribution in [2.45, 2.75) is 31.8 Å². The Kier molecular flexibility index (Phi) is 4.19. The molecular weight excluding hydrogens is 304 g/mol. The molecule has 2 aromatic rings. The molecule has 2 aromatic heterocycles. The maximum atomic E-state index is 12.4. The van der Waals surface area contributed by atoms with E-state index in [-0.39, 0.29) is 24.9 Å². The molecule has 0 saturated carbocycles. The van der Waals surface area contributed by atoms with Crippen LogP contribution in [0.1, 0.15) is 30.3 Å². The van der Waals surface area contributed by atoms with Crippen molar-refractivity contribution in [2.24, 2.45) is 0 Å². The first-order chi connectivity index (χ1) is 10.6. The van der Waals surface area contributed by atoms with Crippen LogP contribution in [-0.2, 0) is 11.3 Å². The maximum Gasteiger partial charge on any atom is 0.328 e. The molecule has 3 rings (SSSR count). The normalized spacial score (nSPS) is 17.8. The highest BCUT2D eigenvalue weighted by molar-refractivity contribution is 7.09. The van der Waals surface area contributed by atoms with Gasteiger partial charge in [-0.3, -0.25) is 14.6 Å². The summed E-state index contributed by atoms with van der Waals surface area (Å²) in [5.41, 5.74) is -0.922. The van der Waals surface area contributed by atoms with Gasteiger partial charge in [-0.1, -0.05) is 0 Å². The summed E-state index contributed by atoms with van der Waals surface area (Å²) in [5.74, 6) is 0.0100. The predicted molar refractivity (Wildman–Crippen MR) is 81.7 cm³/mol. The van der Waals surface area contributed by atoms with Crippen LogP contribution in [0.2, 0.25) is 0 Å². The van der Waals surface area contributed by atoms with E-state index in [1.165, 1.54) is 16.8 Å². The first-order valence-corrected chi connectivity index (χ1v) is 8.02. The molecule has 1 atom stereocenters. The Morgan fingerprint density at radius 3 is 3.05 bits per heavy atom. The van der Waals surface area contributed by atoms with Gasteiger partial charge in [0.25, 0.3) is 5.56 Å². The SMILES string of the molecule is O=C(CCn1ccc(=O)[nH]c1=O)N1CCC[C@H]1c1nccs1. The zero-order chi connectivity index (χ0) is 15.5. The van der Waals surface area contributed by atoms with Gasteiger partial charge in [0.05, 0.1) is 6.04 Å². The van der Waals surface area contributed by atoms with Crippen LogP contribution in [0.4, 0.5) is 0 Å². The minimum atomic E-state index is -0.488. The second-order valence-electron chi connectivity index (χ2n) is 5.17. The number of amides is 1. The summed E-state index contributed by atoms with van der Waals surface area (Å²) in [6.45, 7) is 0.985. The quantitative estimate of drug-likeness (QED) is 0.900. The molecule has 1 N–H and O–H groups in total. The summed E-state index contributed by atoms with van der Waals surface area (Å²) in [7, 11) is 0. The first kappa shape index (κ1) is 14.7. The van der Waals surface area contributed by atoms with Crippen molar-refractivity contribution in [1.82, 2.24) is 19.4 Å². The van der Waals surface area contributed by atoms with E-state index in [0.29, 0.717) is 0 Å². The van der Waals surface area contributed by atoms with Crippen LogP contribution < -0.4 is 11.2 Å². The van der Waals surface area contributed by atoms with Crippen molar-refractivity contribution in [3.8, 4) is 0 Å². The number of hydrogen-bond acceptors (Lipinski definition) is 5. The third-order valence-corrected chi connectivity index (χ3v) is 4.65. The number of nitrogens with zero attached hydrogens (tertiary/aromatic N) is 3. The predicted octanol–water partition coefficient (Wildman–Crippen LogP) is 0.747. The number of thiazole rings is 1. The molecule has 0 radical (unpaired) electrons. The lowest BCUT2D eigenvalue weighted by molar-refractivity contribution is -0.132. The first-order valence-electron chi connectivity index (χ1n) is 7.14. The van der Waals surface area contributed by atoms with Gasteiger partial charge in [0, 0.05) is 43.4 Å². The second kappa shape index (κ2) is 6.27. The van der Waals surface area contributed by atoms with E-state index in [1.54, 1.807) is 17.5 Å². The third kappa shape index (κ3) is 3.01. The molecule has 0 aliphatic carbocycles. The Morgan fingerprint density at radius 2 is 2.32 bits per heavy atom. The molecule has 22 heavy (non-hydrogen) atoms. The Morgan fingerprint density at radius 1 is 1.45 bits per heavy atom. The van der Waals surface area contributed by atoms with E-state index >= 15 is 0 Å². The Bertz CT molecular complexity index is 765. The standard InChI is InChI=1S/C14H16N4O3S/c19-11-3-7-17(14(21)16-11)8-4-12(20)18-6-1-2-10(18)13-15-5-9-22-13/h3,5,7,9-10H,1-2,4,6,8H2,(H,16,19,21)/t10-/m0/s1. The summed E-state index contributed by atoms with van der Waals surface area (Å²) in [5, 5.41) is 2.88. The molecule has 1 fully saturated rings. The van der Waals surface area contributed by atoms with Gasteiger partial charge in [-0.2, -0.15) is 0 Å². The van der Waals surface area contributed by atoms with Crippen LogP contribution >= 0.6 is 11.3 Å². The van der Waals surface area contributed by atoms with Crippen LogP contribution in [0.5, 0.6) is 0 Å². The average Bonchev–Trinajstić information content (AvgIpc) is 3.16. The number of nitrogens with one attached hydrogen (secondary N) is 1. The van der Waals surface area contributed by atoms with Gasteiger partial charge in [0.2, 0.25) is 5.91 Å². The number of carbonyl (C=O) groups excluding carboxylic acids is 1. The van der Waals surface area contributed by atoms with Crippen molar-refractivity contribution in [2.75, 3.05) is 6.54 Å². The monoisotopic (exact) mass is 320 g/mol. The second-order valence-corrected chi connectivity index (χ2v) is 6.10. The van der Waals surface area contributed by atoms with Crippen molar-refractivity contribution in [1.29, 1.82) is 0 Å². The Balaban J connectivity index is 1.66. The number of aromatic nitrogens is 3. The average molecular weight is 320 g/mol. The minimum absolute atomic E-state index is 0.0100. The molecule has 1 saturated heterocycles. The molecular formula is C14H16N4O3S. The highest BCUT2D eigenvalue weighted by Crippen LogP contribution is 2.33. The Hall–Kier alpha value is -2.22. The molecule has 0 unspecified atom stereocenters. The molecule has 7 nitrogen and oxygen atoms in total. The fourth-order valence-corrected chi connectivity index (χ4v) is 3.49. The molecule has 1 aliphatic heterocycles. The van der Waals surface area contributed by atoms with E-state index in [1.807, 2.05) is 10.3 Å². The molecule has 1 aliphatic rings. The number of hydrogen-bond donors (Lipinski definition) is 1. The molecule has 3 heterocycles. The van der Waals surface area contributed by atoms with Crippen LogP contribution in [0.15, 0.2) is 33.4 Å². The number of H-pyrrole nitrogens is 1. The lowest BCUT2D eigenvalue weighted by Gasteiger charge is -2.23. The fourth-order valence-electron chi connectivity index (χ4n) is 2.70. The van der Waals surface area contributed by atoms with Crippen molar-refractivity contribution >= 4 is 17.2 Å². The summed E-state index contributed by atoms with van der Waals surface area (Å²) in [6.07, 6.45) is 5.29. The molecule has 1 amide bonds. The maximum absolute atomic E-state index is 12.4. The van der Waals surface area contributed by atoms with Crippen LogP contribution in [-0.4, -0.2) is 31.9 Å². The largest absolute Gasteiger partial charge is 0.333 e. The van der Waals surface area contributed by atoms with Gasteiger partial charge in [-0.05, 0) is 12.8 Å². The van der Waals surface area contributed by atoms with Crippen molar-refractivity contribution in [3.05, 3.63) is 49.7 Å². The minimum Gasteiger partial charge on any atom is -0.333 e. The van der Waals surface area contributed by atoms with E-state index in [9.17, 15) is 14.4 Å². The zero-order valence-electron chi connectivity index (χ0n) is 11.9. The number of aryl methyl sites for hydroxylation is 1. The van der Waals surface area contributed by atoms with Crippen LogP contribution in [0.25, 0.3) is 0 Å². The van der Waals surface area contributed by atoms with E-state index in [2.05, 4.69) is 9.97 Å². The van der Waals surface area contributed by atoms with Gasteiger partial charge in [-0.25, -0.2) is 9.78 Å². The van der Waals surface area contributed by atoms with Gasteiger partial charge in [0.1, 0.15) is 5.01 Å². The van der Waals surface area contributed by atoms with Gasteiger partial charge >= 0.3 is 5.69 Å². The molecule has 0 bridgehead atoms. The van der Waals surface area contributed by atoms with Gasteiger partial charge < -0.3 is 9.47 Å². The summed E-state index contributed by atoms with van der Waals surface area (Å²) < 4.78 is 1.34. The number of aromatic amines is 1. The molecule has 0 aromatic carbocycles. The van der Waals surface area contributed by atoms with Crippen LogP contribution in [0, 0.1) is 0 Å². The Labute approximate surface area is 130 Å². The number of carbonyl (C=O) groups is 1. The van der Waals surface area contributed by atoms with Crippen LogP contribution in [0.3, 0.4) is 0 Å². The van der Waals surface area contributed by atoms with E-state index < -0.39 is 11.2 Å². The lowest BCUT2D eigenvalue weighted by Crippen LogP contribution is -2.33. The summed E-state index contributed by atoms with van der Waals surface area (Å²) in [6, 6.07) is 1.33. The van der Waals surface area contributed by atoms with Gasteiger partial charge in [-0.15, -0.1) is 11.3 Å². The lowest BCUT2D eigenvalue weighted by atomic mass is 10.2. The van der Waals surface area contributed by atoms with Gasteiger partial charge in [0.15, 0.2) is 0 Å². The molecule has 0 spiro atoms. The van der Waals surface area contributed by atoms with Crippen molar-refractivity contribution in [3.63, 3.8) is 0 Å². The van der Waals surface area contributed by atoms with E-state index in [4.69, 9.17) is 0 Å². The van der Waals surface area contributed by atoms with E-state index in [0.717, 1.165) is 24.4 Å². The zero-order valence-corrected chi connectivity index (χ0v) is 12.7. The third-order valence-electron chi connectivity index (χ3n) is 3.77. The highest BCUT2D eigenvalue weighted by atomic mass is 32.1. The summed E-state index contributed by atoms with van der Waals surface area (Å²) in [4.78, 5) is 43.4. The number of likely N-dealkylation sites (tertiary alicyclic amines) is 1. The fraction of sp³-hybridized carbons (Fsp3) is 0.429. The molecule has 8 heteroatoms. The smallest absolute Gasteiger partial charge is 0.328 e. The topological polar surface area (TPSA) is 88.1 Å². The van der Waals surface area contributed by atoms with Crippen molar-refractivity contribution < 1.29 is 4.79 Å².